The third-order valence-electron chi connectivity index (χ3n) is 5.27. The van der Waals surface area contributed by atoms with E-state index in [0.717, 1.165) is 21.3 Å². The van der Waals surface area contributed by atoms with Gasteiger partial charge in [0.25, 0.3) is 5.56 Å². The van der Waals surface area contributed by atoms with Crippen LogP contribution in [0.1, 0.15) is 22.7 Å². The van der Waals surface area contributed by atoms with Crippen LogP contribution >= 0.6 is 54.8 Å². The van der Waals surface area contributed by atoms with E-state index in [4.69, 9.17) is 16.6 Å². The van der Waals surface area contributed by atoms with Crippen molar-refractivity contribution in [3.05, 3.63) is 123 Å². The molecule has 4 nitrogen and oxygen atoms in total. The Balaban J connectivity index is 1.75. The summed E-state index contributed by atoms with van der Waals surface area (Å²) in [5, 5.41) is 11.1. The van der Waals surface area contributed by atoms with E-state index < -0.39 is 0 Å². The second-order valence-corrected chi connectivity index (χ2v) is 10.6. The van der Waals surface area contributed by atoms with Crippen molar-refractivity contribution in [1.82, 2.24) is 4.57 Å². The molecule has 1 atom stereocenters. The van der Waals surface area contributed by atoms with Crippen molar-refractivity contribution in [2.45, 2.75) is 6.04 Å². The van der Waals surface area contributed by atoms with Gasteiger partial charge >= 0.3 is 0 Å². The minimum Gasteiger partial charge on any atom is -0.506 e. The van der Waals surface area contributed by atoms with Crippen LogP contribution in [0.2, 0.25) is 5.02 Å². The second-order valence-electron chi connectivity index (χ2n) is 7.42. The minimum atomic E-state index is -0.335. The van der Waals surface area contributed by atoms with E-state index in [1.807, 2.05) is 60.7 Å². The van der Waals surface area contributed by atoms with Gasteiger partial charge in [-0.25, -0.2) is 4.99 Å². The first-order chi connectivity index (χ1) is 15.9. The predicted octanol–water partition coefficient (Wildman–Crippen LogP) is 5.89. The van der Waals surface area contributed by atoms with Crippen molar-refractivity contribution in [3.8, 4) is 5.75 Å². The maximum absolute atomic E-state index is 13.5. The lowest BCUT2D eigenvalue weighted by molar-refractivity contribution is 0.470. The highest BCUT2D eigenvalue weighted by Gasteiger charge is 2.22. The molecule has 33 heavy (non-hydrogen) atoms. The number of aromatic hydroxyl groups is 1. The summed E-state index contributed by atoms with van der Waals surface area (Å²) in [5.41, 5.74) is 3.08. The lowest BCUT2D eigenvalue weighted by atomic mass is 10.0. The number of fused-ring (bicyclic) bond motifs is 1. The van der Waals surface area contributed by atoms with Crippen LogP contribution in [0.3, 0.4) is 0 Å². The number of rotatable bonds is 3. The monoisotopic (exact) mass is 600 g/mol. The van der Waals surface area contributed by atoms with E-state index in [0.29, 0.717) is 24.4 Å². The van der Waals surface area contributed by atoms with Crippen LogP contribution in [0, 0.1) is 0 Å². The van der Waals surface area contributed by atoms with Gasteiger partial charge in [-0.1, -0.05) is 81.3 Å². The van der Waals surface area contributed by atoms with E-state index in [-0.39, 0.29) is 17.4 Å². The normalized spacial score (nSPS) is 15.7. The molecule has 0 saturated carbocycles. The summed E-state index contributed by atoms with van der Waals surface area (Å²) in [6.45, 7) is 0. The Morgan fingerprint density at radius 2 is 1.79 bits per heavy atom. The fourth-order valence-corrected chi connectivity index (χ4v) is 6.08. The maximum atomic E-state index is 13.5. The van der Waals surface area contributed by atoms with E-state index in [1.54, 1.807) is 22.8 Å². The number of phenols is 1. The summed E-state index contributed by atoms with van der Waals surface area (Å²) in [6, 6.07) is 20.6. The lowest BCUT2D eigenvalue weighted by Crippen LogP contribution is -2.36. The standard InChI is InChI=1S/C25H15Br2ClN2O2S/c26-17-10-16(23(31)19(27)12-17)11-22-24(32)30-21(15-6-8-18(28)9-7-15)13-20(29-25(30)33-22)14-4-2-1-3-5-14/h1-13,21,31H. The van der Waals surface area contributed by atoms with E-state index in [2.05, 4.69) is 31.9 Å². The highest BCUT2D eigenvalue weighted by molar-refractivity contribution is 9.11. The molecule has 0 fully saturated rings. The zero-order valence-corrected chi connectivity index (χ0v) is 21.6. The fraction of sp³-hybridized carbons (Fsp3) is 0.0400. The molecule has 164 valence electrons. The van der Waals surface area contributed by atoms with Gasteiger partial charge in [0.15, 0.2) is 4.80 Å². The molecular formula is C25H15Br2ClN2O2S. The minimum absolute atomic E-state index is 0.0725. The van der Waals surface area contributed by atoms with E-state index in [1.165, 1.54) is 11.3 Å². The SMILES string of the molecule is O=c1c(=Cc2cc(Br)cc(Br)c2O)sc2n1C(c1ccc(Cl)cc1)C=C(c1ccccc1)N=2. The molecule has 8 heteroatoms. The number of phenolic OH excluding ortho intramolecular Hbond substituents is 1. The number of aromatic nitrogens is 1. The van der Waals surface area contributed by atoms with Crippen LogP contribution in [-0.4, -0.2) is 9.67 Å². The summed E-state index contributed by atoms with van der Waals surface area (Å²) in [5.74, 6) is 0.0725. The smallest absolute Gasteiger partial charge is 0.271 e. The molecule has 0 radical (unpaired) electrons. The van der Waals surface area contributed by atoms with Crippen molar-refractivity contribution >= 4 is 66.6 Å². The molecule has 1 N–H and O–H groups in total. The van der Waals surface area contributed by atoms with Crippen LogP contribution < -0.4 is 14.9 Å². The van der Waals surface area contributed by atoms with Crippen LogP contribution in [0.25, 0.3) is 11.8 Å². The van der Waals surface area contributed by atoms with Crippen molar-refractivity contribution < 1.29 is 5.11 Å². The molecule has 2 heterocycles. The Bertz CT molecular complexity index is 1580. The highest BCUT2D eigenvalue weighted by atomic mass is 79.9. The number of hydrogen-bond acceptors (Lipinski definition) is 4. The van der Waals surface area contributed by atoms with Gasteiger partial charge in [0.1, 0.15) is 5.75 Å². The molecule has 5 rings (SSSR count). The number of nitrogens with zero attached hydrogens (tertiary/aromatic N) is 2. The van der Waals surface area contributed by atoms with E-state index >= 15 is 0 Å². The van der Waals surface area contributed by atoms with Crippen LogP contribution in [-0.2, 0) is 0 Å². The zero-order valence-electron chi connectivity index (χ0n) is 16.9. The van der Waals surface area contributed by atoms with Gasteiger partial charge in [-0.3, -0.25) is 9.36 Å². The van der Waals surface area contributed by atoms with Crippen LogP contribution in [0.15, 0.2) is 91.5 Å². The quantitative estimate of drug-likeness (QED) is 0.318. The first kappa shape index (κ1) is 22.3. The Labute approximate surface area is 215 Å². The highest BCUT2D eigenvalue weighted by Crippen LogP contribution is 2.32. The Morgan fingerprint density at radius 1 is 1.06 bits per heavy atom. The third-order valence-corrected chi connectivity index (χ3v) is 7.57. The van der Waals surface area contributed by atoms with Gasteiger partial charge in [0.05, 0.1) is 20.7 Å². The number of thiazole rings is 1. The molecule has 0 saturated heterocycles. The Kier molecular flexibility index (Phi) is 6.14. The van der Waals surface area contributed by atoms with Gasteiger partial charge in [0.2, 0.25) is 0 Å². The number of halogens is 3. The fourth-order valence-electron chi connectivity index (χ4n) is 3.69. The van der Waals surface area contributed by atoms with Gasteiger partial charge < -0.3 is 5.11 Å². The molecule has 0 bridgehead atoms. The van der Waals surface area contributed by atoms with E-state index in [9.17, 15) is 9.90 Å². The summed E-state index contributed by atoms with van der Waals surface area (Å²) in [4.78, 5) is 18.9. The maximum Gasteiger partial charge on any atom is 0.271 e. The lowest BCUT2D eigenvalue weighted by Gasteiger charge is -2.19. The van der Waals surface area contributed by atoms with Crippen molar-refractivity contribution in [2.75, 3.05) is 0 Å². The van der Waals surface area contributed by atoms with Gasteiger partial charge in [0, 0.05) is 15.1 Å². The molecule has 0 spiro atoms. The van der Waals surface area contributed by atoms with Crippen LogP contribution in [0.5, 0.6) is 5.75 Å². The molecule has 1 aliphatic rings. The molecule has 1 aliphatic heterocycles. The molecule has 3 aromatic carbocycles. The van der Waals surface area contributed by atoms with Crippen LogP contribution in [0.4, 0.5) is 0 Å². The predicted molar refractivity (Wildman–Crippen MR) is 140 cm³/mol. The first-order valence-electron chi connectivity index (χ1n) is 9.93. The number of benzene rings is 3. The van der Waals surface area contributed by atoms with Gasteiger partial charge in [-0.2, -0.15) is 0 Å². The largest absolute Gasteiger partial charge is 0.506 e. The average molecular weight is 603 g/mol. The van der Waals surface area contributed by atoms with Crippen molar-refractivity contribution in [1.29, 1.82) is 0 Å². The molecule has 1 unspecified atom stereocenters. The summed E-state index contributed by atoms with van der Waals surface area (Å²) in [7, 11) is 0. The van der Waals surface area contributed by atoms with Crippen molar-refractivity contribution in [3.63, 3.8) is 0 Å². The van der Waals surface area contributed by atoms with Crippen molar-refractivity contribution in [2.24, 2.45) is 4.99 Å². The summed E-state index contributed by atoms with van der Waals surface area (Å²) < 4.78 is 3.50. The molecule has 0 amide bonds. The third kappa shape index (κ3) is 4.38. The van der Waals surface area contributed by atoms with Gasteiger partial charge in [-0.05, 0) is 63.5 Å². The van der Waals surface area contributed by atoms with Gasteiger partial charge in [-0.15, -0.1) is 0 Å². The molecule has 0 aliphatic carbocycles. The zero-order chi connectivity index (χ0) is 23.1. The number of allylic oxidation sites excluding steroid dienone is 1. The molecule has 4 aromatic rings. The first-order valence-corrected chi connectivity index (χ1v) is 12.7. The second kappa shape index (κ2) is 9.06. The molecule has 1 aromatic heterocycles. The summed E-state index contributed by atoms with van der Waals surface area (Å²) in [6.07, 6.45) is 3.69. The Morgan fingerprint density at radius 3 is 2.52 bits per heavy atom. The Hall–Kier alpha value is -2.45. The summed E-state index contributed by atoms with van der Waals surface area (Å²) >= 11 is 14.2. The number of hydrogen-bond donors (Lipinski definition) is 1. The topological polar surface area (TPSA) is 54.6 Å². The average Bonchev–Trinajstić information content (AvgIpc) is 3.13. The molecular weight excluding hydrogens is 588 g/mol.